The van der Waals surface area contributed by atoms with Crippen LogP contribution in [-0.4, -0.2) is 12.6 Å². The van der Waals surface area contributed by atoms with Crippen molar-refractivity contribution in [3.05, 3.63) is 65.2 Å². The first-order chi connectivity index (χ1) is 11.7. The van der Waals surface area contributed by atoms with Crippen LogP contribution in [0.3, 0.4) is 0 Å². The van der Waals surface area contributed by atoms with Crippen molar-refractivity contribution >= 4 is 35.6 Å². The normalized spacial score (nSPS) is 11.0. The highest BCUT2D eigenvalue weighted by molar-refractivity contribution is 14.0. The second-order valence-corrected chi connectivity index (χ2v) is 5.70. The molecular formula is C20H28IN3O. The maximum atomic E-state index is 6.00. The molecule has 2 rings (SSSR count). The van der Waals surface area contributed by atoms with Crippen LogP contribution in [0.2, 0.25) is 0 Å². The van der Waals surface area contributed by atoms with Crippen LogP contribution in [0.5, 0.6) is 0 Å². The Hall–Kier alpha value is -1.60. The molecule has 0 unspecified atom stereocenters. The zero-order chi connectivity index (χ0) is 17.2. The van der Waals surface area contributed by atoms with Gasteiger partial charge >= 0.3 is 0 Å². The molecule has 2 aromatic rings. The molecular weight excluding hydrogens is 425 g/mol. The molecule has 0 bridgehead atoms. The third-order valence-corrected chi connectivity index (χ3v) is 3.78. The molecule has 0 amide bonds. The molecule has 0 saturated heterocycles. The second-order valence-electron chi connectivity index (χ2n) is 5.70. The summed E-state index contributed by atoms with van der Waals surface area (Å²) in [5.74, 6) is 0.420. The Kier molecular flexibility index (Phi) is 10.2. The first-order valence-electron chi connectivity index (χ1n) is 8.53. The number of halogens is 1. The van der Waals surface area contributed by atoms with Crippen molar-refractivity contribution in [1.29, 1.82) is 0 Å². The third-order valence-electron chi connectivity index (χ3n) is 3.78. The Balaban J connectivity index is 0.00000312. The molecule has 0 atom stereocenters. The minimum atomic E-state index is 0. The van der Waals surface area contributed by atoms with E-state index in [1.165, 1.54) is 5.56 Å². The summed E-state index contributed by atoms with van der Waals surface area (Å²) in [4.78, 5) is 4.45. The quantitative estimate of drug-likeness (QED) is 0.263. The minimum absolute atomic E-state index is 0. The topological polar surface area (TPSA) is 59.6 Å². The highest BCUT2D eigenvalue weighted by atomic mass is 127. The Labute approximate surface area is 167 Å². The molecule has 136 valence electrons. The van der Waals surface area contributed by atoms with Gasteiger partial charge in [0.25, 0.3) is 0 Å². The van der Waals surface area contributed by atoms with Crippen molar-refractivity contribution in [1.82, 2.24) is 0 Å². The molecule has 0 heterocycles. The standard InChI is InChI=1S/C20H27N3O.HI/c1-3-13-24-15-18-8-6-5-7-17(18)14-22-20(21)23-19-11-9-16(4-2)10-12-19;/h5-12H,3-4,13-15H2,1-2H3,(H3,21,22,23);1H. The zero-order valence-corrected chi connectivity index (χ0v) is 17.3. The van der Waals surface area contributed by atoms with Crippen LogP contribution in [0, 0.1) is 0 Å². The van der Waals surface area contributed by atoms with Crippen molar-refractivity contribution in [3.63, 3.8) is 0 Å². The van der Waals surface area contributed by atoms with E-state index in [2.05, 4.69) is 48.4 Å². The largest absolute Gasteiger partial charge is 0.377 e. The molecule has 25 heavy (non-hydrogen) atoms. The average Bonchev–Trinajstić information content (AvgIpc) is 2.62. The van der Waals surface area contributed by atoms with E-state index in [1.54, 1.807) is 0 Å². The molecule has 2 aromatic carbocycles. The Bertz CT molecular complexity index is 656. The highest BCUT2D eigenvalue weighted by Crippen LogP contribution is 2.13. The fraction of sp³-hybridized carbons (Fsp3) is 0.350. The molecule has 0 aliphatic rings. The van der Waals surface area contributed by atoms with Crippen LogP contribution < -0.4 is 11.1 Å². The van der Waals surface area contributed by atoms with E-state index >= 15 is 0 Å². The Morgan fingerprint density at radius 1 is 1.04 bits per heavy atom. The van der Waals surface area contributed by atoms with E-state index in [-0.39, 0.29) is 24.0 Å². The van der Waals surface area contributed by atoms with Crippen molar-refractivity contribution in [2.75, 3.05) is 11.9 Å². The number of guanidine groups is 1. The number of hydrogen-bond acceptors (Lipinski definition) is 2. The summed E-state index contributed by atoms with van der Waals surface area (Å²) < 4.78 is 5.64. The fourth-order valence-corrected chi connectivity index (χ4v) is 2.36. The molecule has 0 fully saturated rings. The van der Waals surface area contributed by atoms with E-state index < -0.39 is 0 Å². The number of rotatable bonds is 8. The first-order valence-corrected chi connectivity index (χ1v) is 8.53. The lowest BCUT2D eigenvalue weighted by Gasteiger charge is -2.09. The maximum absolute atomic E-state index is 6.00. The van der Waals surface area contributed by atoms with Gasteiger partial charge in [-0.05, 0) is 41.7 Å². The average molecular weight is 453 g/mol. The minimum Gasteiger partial charge on any atom is -0.377 e. The Morgan fingerprint density at radius 2 is 1.72 bits per heavy atom. The van der Waals surface area contributed by atoms with E-state index in [0.29, 0.717) is 19.1 Å². The van der Waals surface area contributed by atoms with Gasteiger partial charge in [-0.3, -0.25) is 0 Å². The highest BCUT2D eigenvalue weighted by Gasteiger charge is 2.02. The number of hydrogen-bond donors (Lipinski definition) is 2. The molecule has 4 nitrogen and oxygen atoms in total. The van der Waals surface area contributed by atoms with Gasteiger partial charge in [-0.25, -0.2) is 4.99 Å². The van der Waals surface area contributed by atoms with Gasteiger partial charge in [0.2, 0.25) is 0 Å². The predicted octanol–water partition coefficient (Wildman–Crippen LogP) is 4.72. The molecule has 3 N–H and O–H groups in total. The number of nitrogens with one attached hydrogen (secondary N) is 1. The monoisotopic (exact) mass is 453 g/mol. The summed E-state index contributed by atoms with van der Waals surface area (Å²) in [6, 6.07) is 16.4. The fourth-order valence-electron chi connectivity index (χ4n) is 2.36. The van der Waals surface area contributed by atoms with Gasteiger partial charge in [-0.1, -0.05) is 50.2 Å². The SMILES string of the molecule is CCCOCc1ccccc1CN=C(N)Nc1ccc(CC)cc1.I. The van der Waals surface area contributed by atoms with Gasteiger partial charge in [0.05, 0.1) is 13.2 Å². The molecule has 5 heteroatoms. The van der Waals surface area contributed by atoms with Crippen LogP contribution in [-0.2, 0) is 24.3 Å². The summed E-state index contributed by atoms with van der Waals surface area (Å²) >= 11 is 0. The predicted molar refractivity (Wildman–Crippen MR) is 117 cm³/mol. The number of nitrogens with two attached hydrogens (primary N) is 1. The van der Waals surface area contributed by atoms with Gasteiger partial charge in [0, 0.05) is 12.3 Å². The summed E-state index contributed by atoms with van der Waals surface area (Å²) in [5.41, 5.74) is 10.6. The van der Waals surface area contributed by atoms with E-state index in [1.807, 2.05) is 24.3 Å². The lowest BCUT2D eigenvalue weighted by molar-refractivity contribution is 0.121. The van der Waals surface area contributed by atoms with Gasteiger partial charge in [-0.2, -0.15) is 0 Å². The van der Waals surface area contributed by atoms with Crippen LogP contribution in [0.1, 0.15) is 37.0 Å². The van der Waals surface area contributed by atoms with Crippen molar-refractivity contribution < 1.29 is 4.74 Å². The van der Waals surface area contributed by atoms with Crippen LogP contribution in [0.15, 0.2) is 53.5 Å². The second kappa shape index (κ2) is 11.9. The van der Waals surface area contributed by atoms with E-state index in [0.717, 1.165) is 36.3 Å². The van der Waals surface area contributed by atoms with Crippen LogP contribution in [0.25, 0.3) is 0 Å². The molecule has 0 radical (unpaired) electrons. The van der Waals surface area contributed by atoms with Crippen molar-refractivity contribution in [2.24, 2.45) is 10.7 Å². The summed E-state index contributed by atoms with van der Waals surface area (Å²) in [6.45, 7) is 6.17. The lowest BCUT2D eigenvalue weighted by atomic mass is 10.1. The number of ether oxygens (including phenoxy) is 1. The van der Waals surface area contributed by atoms with Crippen molar-refractivity contribution in [3.8, 4) is 0 Å². The summed E-state index contributed by atoms with van der Waals surface area (Å²) in [6.07, 6.45) is 2.05. The van der Waals surface area contributed by atoms with Gasteiger partial charge in [0.15, 0.2) is 5.96 Å². The third kappa shape index (κ3) is 7.44. The summed E-state index contributed by atoms with van der Waals surface area (Å²) in [7, 11) is 0. The lowest BCUT2D eigenvalue weighted by Crippen LogP contribution is -2.22. The number of aliphatic imine (C=N–C) groups is 1. The number of anilines is 1. The molecule has 0 saturated carbocycles. The van der Waals surface area contributed by atoms with Gasteiger partial charge in [-0.15, -0.1) is 24.0 Å². The molecule has 0 spiro atoms. The Morgan fingerprint density at radius 3 is 2.36 bits per heavy atom. The van der Waals surface area contributed by atoms with Gasteiger partial charge < -0.3 is 15.8 Å². The summed E-state index contributed by atoms with van der Waals surface area (Å²) in [5, 5.41) is 3.13. The zero-order valence-electron chi connectivity index (χ0n) is 15.0. The van der Waals surface area contributed by atoms with E-state index in [9.17, 15) is 0 Å². The van der Waals surface area contributed by atoms with Crippen molar-refractivity contribution in [2.45, 2.75) is 39.8 Å². The number of nitrogens with zero attached hydrogens (tertiary/aromatic N) is 1. The van der Waals surface area contributed by atoms with Crippen LogP contribution >= 0.6 is 24.0 Å². The van der Waals surface area contributed by atoms with Crippen LogP contribution in [0.4, 0.5) is 5.69 Å². The molecule has 0 aliphatic heterocycles. The van der Waals surface area contributed by atoms with E-state index in [4.69, 9.17) is 10.5 Å². The smallest absolute Gasteiger partial charge is 0.193 e. The number of aryl methyl sites for hydroxylation is 1. The molecule has 0 aromatic heterocycles. The molecule has 0 aliphatic carbocycles. The maximum Gasteiger partial charge on any atom is 0.193 e. The first kappa shape index (κ1) is 21.4. The number of benzene rings is 2. The van der Waals surface area contributed by atoms with Gasteiger partial charge in [0.1, 0.15) is 0 Å².